The summed E-state index contributed by atoms with van der Waals surface area (Å²) in [5.74, 6) is -0.355. The number of halogens is 2. The van der Waals surface area contributed by atoms with Crippen LogP contribution in [0.5, 0.6) is 0 Å². The molecule has 25 heavy (non-hydrogen) atoms. The van der Waals surface area contributed by atoms with Crippen LogP contribution in [0, 0.1) is 15.9 Å². The summed E-state index contributed by atoms with van der Waals surface area (Å²) in [5.41, 5.74) is 0.785. The zero-order valence-electron chi connectivity index (χ0n) is 12.6. The first-order chi connectivity index (χ1) is 12.0. The van der Waals surface area contributed by atoms with Crippen LogP contribution in [-0.4, -0.2) is 14.9 Å². The van der Waals surface area contributed by atoms with E-state index in [1.54, 1.807) is 18.2 Å². The Labute approximate surface area is 150 Å². The lowest BCUT2D eigenvalue weighted by Gasteiger charge is -2.10. The van der Waals surface area contributed by atoms with Crippen LogP contribution in [-0.2, 0) is 0 Å². The van der Waals surface area contributed by atoms with E-state index in [-0.39, 0.29) is 17.3 Å². The van der Waals surface area contributed by atoms with Crippen molar-refractivity contribution in [1.29, 1.82) is 0 Å². The third-order valence-corrected chi connectivity index (χ3v) is 3.69. The monoisotopic (exact) mass is 403 g/mol. The van der Waals surface area contributed by atoms with E-state index >= 15 is 0 Å². The summed E-state index contributed by atoms with van der Waals surface area (Å²) in [6.07, 6.45) is 1.21. The van der Waals surface area contributed by atoms with Crippen LogP contribution in [0.15, 0.2) is 59.3 Å². The molecule has 9 heteroatoms. The minimum Gasteiger partial charge on any atom is -0.334 e. The number of nitrogens with one attached hydrogen (secondary N) is 2. The predicted octanol–water partition coefficient (Wildman–Crippen LogP) is 4.77. The van der Waals surface area contributed by atoms with Gasteiger partial charge in [0.1, 0.15) is 12.1 Å². The molecule has 0 radical (unpaired) electrons. The zero-order chi connectivity index (χ0) is 17.8. The van der Waals surface area contributed by atoms with Crippen LogP contribution in [0.25, 0.3) is 0 Å². The lowest BCUT2D eigenvalue weighted by atomic mass is 10.3. The second-order valence-electron chi connectivity index (χ2n) is 4.94. The third kappa shape index (κ3) is 4.07. The molecule has 0 fully saturated rings. The second kappa shape index (κ2) is 7.22. The smallest absolute Gasteiger partial charge is 0.334 e. The van der Waals surface area contributed by atoms with E-state index in [1.807, 2.05) is 6.07 Å². The highest BCUT2D eigenvalue weighted by molar-refractivity contribution is 9.10. The van der Waals surface area contributed by atoms with Gasteiger partial charge in [-0.2, -0.15) is 0 Å². The maximum Gasteiger partial charge on any atom is 0.353 e. The Morgan fingerprint density at radius 2 is 1.64 bits per heavy atom. The van der Waals surface area contributed by atoms with Crippen molar-refractivity contribution in [3.8, 4) is 0 Å². The van der Waals surface area contributed by atoms with Crippen molar-refractivity contribution >= 4 is 44.6 Å². The molecule has 0 unspecified atom stereocenters. The van der Waals surface area contributed by atoms with Gasteiger partial charge in [0, 0.05) is 15.8 Å². The molecule has 3 aromatic rings. The first kappa shape index (κ1) is 16.8. The number of rotatable bonds is 5. The molecule has 3 rings (SSSR count). The van der Waals surface area contributed by atoms with Crippen LogP contribution < -0.4 is 10.6 Å². The van der Waals surface area contributed by atoms with Crippen molar-refractivity contribution in [1.82, 2.24) is 9.97 Å². The molecule has 0 atom stereocenters. The molecule has 126 valence electrons. The minimum atomic E-state index is -0.577. The first-order valence-electron chi connectivity index (χ1n) is 7.07. The maximum atomic E-state index is 13.0. The van der Waals surface area contributed by atoms with E-state index in [0.717, 1.165) is 4.47 Å². The Morgan fingerprint density at radius 1 is 1.00 bits per heavy atom. The van der Waals surface area contributed by atoms with E-state index in [0.29, 0.717) is 11.4 Å². The number of benzene rings is 2. The Morgan fingerprint density at radius 3 is 2.24 bits per heavy atom. The summed E-state index contributed by atoms with van der Waals surface area (Å²) in [6, 6.07) is 12.6. The largest absolute Gasteiger partial charge is 0.353 e. The normalized spacial score (nSPS) is 10.3. The van der Waals surface area contributed by atoms with Crippen LogP contribution in [0.2, 0.25) is 0 Å². The molecular formula is C16H11BrFN5O2. The molecule has 1 aromatic heterocycles. The Balaban J connectivity index is 1.96. The fraction of sp³-hybridized carbons (Fsp3) is 0. The van der Waals surface area contributed by atoms with E-state index in [1.165, 1.54) is 30.6 Å². The number of nitrogens with zero attached hydrogens (tertiary/aromatic N) is 3. The van der Waals surface area contributed by atoms with Gasteiger partial charge in [0.2, 0.25) is 11.6 Å². The molecule has 7 nitrogen and oxygen atoms in total. The van der Waals surface area contributed by atoms with Crippen LogP contribution in [0.3, 0.4) is 0 Å². The third-order valence-electron chi connectivity index (χ3n) is 3.20. The first-order valence-corrected chi connectivity index (χ1v) is 7.87. The van der Waals surface area contributed by atoms with Crippen LogP contribution >= 0.6 is 15.9 Å². The predicted molar refractivity (Wildman–Crippen MR) is 95.8 cm³/mol. The standard InChI is InChI=1S/C16H11BrFN5O2/c17-10-2-1-3-13(8-10)22-16-14(23(24)25)15(19-9-20-16)21-12-6-4-11(18)5-7-12/h1-9H,(H2,19,20,21,22). The molecule has 0 aliphatic heterocycles. The van der Waals surface area contributed by atoms with Crippen LogP contribution in [0.1, 0.15) is 0 Å². The van der Waals surface area contributed by atoms with Gasteiger partial charge in [0.15, 0.2) is 0 Å². The van der Waals surface area contributed by atoms with Gasteiger partial charge in [-0.05, 0) is 42.5 Å². The highest BCUT2D eigenvalue weighted by atomic mass is 79.9. The average Bonchev–Trinajstić information content (AvgIpc) is 2.57. The van der Waals surface area contributed by atoms with Crippen LogP contribution in [0.4, 0.5) is 33.1 Å². The van der Waals surface area contributed by atoms with E-state index in [4.69, 9.17) is 0 Å². The van der Waals surface area contributed by atoms with Crippen molar-refractivity contribution in [2.75, 3.05) is 10.6 Å². The highest BCUT2D eigenvalue weighted by Gasteiger charge is 2.23. The van der Waals surface area contributed by atoms with E-state index in [2.05, 4.69) is 36.5 Å². The molecule has 0 aliphatic rings. The summed E-state index contributed by atoms with van der Waals surface area (Å²) in [5, 5.41) is 17.2. The number of nitro groups is 1. The summed E-state index contributed by atoms with van der Waals surface area (Å²) >= 11 is 3.34. The lowest BCUT2D eigenvalue weighted by molar-refractivity contribution is -0.383. The molecular weight excluding hydrogens is 393 g/mol. The van der Waals surface area contributed by atoms with Crippen molar-refractivity contribution in [3.05, 3.63) is 75.3 Å². The van der Waals surface area contributed by atoms with Gasteiger partial charge in [0.25, 0.3) is 0 Å². The Hall–Kier alpha value is -3.07. The number of anilines is 4. The Kier molecular flexibility index (Phi) is 4.85. The van der Waals surface area contributed by atoms with Gasteiger partial charge < -0.3 is 10.6 Å². The maximum absolute atomic E-state index is 13.0. The minimum absolute atomic E-state index is 0.00380. The van der Waals surface area contributed by atoms with Crippen molar-refractivity contribution < 1.29 is 9.31 Å². The summed E-state index contributed by atoms with van der Waals surface area (Å²) < 4.78 is 13.8. The Bertz CT molecular complexity index is 921. The summed E-state index contributed by atoms with van der Waals surface area (Å²) in [7, 11) is 0. The molecule has 1 heterocycles. The molecule has 0 amide bonds. The number of hydrogen-bond donors (Lipinski definition) is 2. The van der Waals surface area contributed by atoms with Gasteiger partial charge in [-0.3, -0.25) is 10.1 Å². The second-order valence-corrected chi connectivity index (χ2v) is 5.86. The lowest BCUT2D eigenvalue weighted by Crippen LogP contribution is -2.05. The van der Waals surface area contributed by atoms with Crippen molar-refractivity contribution in [3.63, 3.8) is 0 Å². The highest BCUT2D eigenvalue weighted by Crippen LogP contribution is 2.33. The van der Waals surface area contributed by atoms with Gasteiger partial charge >= 0.3 is 5.69 Å². The molecule has 0 saturated heterocycles. The van der Waals surface area contributed by atoms with E-state index in [9.17, 15) is 14.5 Å². The SMILES string of the molecule is O=[N+]([O-])c1c(Nc2ccc(F)cc2)ncnc1Nc1cccc(Br)c1. The number of hydrogen-bond acceptors (Lipinski definition) is 6. The van der Waals surface area contributed by atoms with E-state index < -0.39 is 10.7 Å². The average molecular weight is 404 g/mol. The van der Waals surface area contributed by atoms with Gasteiger partial charge in [-0.1, -0.05) is 22.0 Å². The molecule has 0 saturated carbocycles. The summed E-state index contributed by atoms with van der Waals surface area (Å²) in [4.78, 5) is 18.8. The molecule has 2 aromatic carbocycles. The topological polar surface area (TPSA) is 93.0 Å². The molecule has 0 bridgehead atoms. The zero-order valence-corrected chi connectivity index (χ0v) is 14.2. The summed E-state index contributed by atoms with van der Waals surface area (Å²) in [6.45, 7) is 0. The molecule has 0 aliphatic carbocycles. The quantitative estimate of drug-likeness (QED) is 0.470. The molecule has 2 N–H and O–H groups in total. The van der Waals surface area contributed by atoms with Gasteiger partial charge in [0.05, 0.1) is 4.92 Å². The number of aromatic nitrogens is 2. The van der Waals surface area contributed by atoms with Gasteiger partial charge in [-0.15, -0.1) is 0 Å². The molecule has 0 spiro atoms. The van der Waals surface area contributed by atoms with Gasteiger partial charge in [-0.25, -0.2) is 14.4 Å². The van der Waals surface area contributed by atoms with Crippen molar-refractivity contribution in [2.24, 2.45) is 0 Å². The fourth-order valence-corrected chi connectivity index (χ4v) is 2.51. The fourth-order valence-electron chi connectivity index (χ4n) is 2.11. The van der Waals surface area contributed by atoms with Crippen molar-refractivity contribution in [2.45, 2.75) is 0 Å².